The molecule has 4 aromatic rings. The van der Waals surface area contributed by atoms with Gasteiger partial charge in [0.15, 0.2) is 0 Å². The number of aromatic nitrogens is 1. The summed E-state index contributed by atoms with van der Waals surface area (Å²) >= 11 is 12.3. The maximum absolute atomic E-state index is 13.0. The number of fused-ring (bicyclic) bond motifs is 1. The molecule has 0 unspecified atom stereocenters. The number of hydrogen-bond donors (Lipinski definition) is 1. The molecule has 1 heterocycles. The van der Waals surface area contributed by atoms with Gasteiger partial charge >= 0.3 is 5.97 Å². The Hall–Kier alpha value is -3.61. The molecule has 8 heteroatoms. The summed E-state index contributed by atoms with van der Waals surface area (Å²) in [5.41, 5.74) is 2.41. The summed E-state index contributed by atoms with van der Waals surface area (Å²) in [6.45, 7) is 1.96. The molecule has 35 heavy (non-hydrogen) atoms. The molecule has 178 valence electrons. The molecule has 0 saturated carbocycles. The van der Waals surface area contributed by atoms with E-state index in [0.717, 1.165) is 16.5 Å². The number of nitrogens with zero attached hydrogens (tertiary/aromatic N) is 1. The van der Waals surface area contributed by atoms with Crippen molar-refractivity contribution in [2.45, 2.75) is 19.4 Å². The molecule has 0 aliphatic rings. The van der Waals surface area contributed by atoms with Crippen LogP contribution in [0, 0.1) is 6.92 Å². The molecule has 0 aliphatic heterocycles. The first kappa shape index (κ1) is 24.5. The van der Waals surface area contributed by atoms with Crippen LogP contribution in [0.15, 0.2) is 77.7 Å². The van der Waals surface area contributed by atoms with Crippen molar-refractivity contribution in [3.8, 4) is 5.69 Å². The van der Waals surface area contributed by atoms with Crippen LogP contribution >= 0.6 is 23.2 Å². The largest absolute Gasteiger partial charge is 0.467 e. The number of ether oxygens (including phenoxy) is 1. The number of amides is 1. The van der Waals surface area contributed by atoms with Crippen molar-refractivity contribution in [2.24, 2.45) is 0 Å². The maximum atomic E-state index is 13.0. The Bertz CT molecular complexity index is 1460. The highest BCUT2D eigenvalue weighted by Gasteiger charge is 2.25. The second kappa shape index (κ2) is 10.3. The predicted octanol–water partition coefficient (Wildman–Crippen LogP) is 5.12. The lowest BCUT2D eigenvalue weighted by atomic mass is 10.0. The summed E-state index contributed by atoms with van der Waals surface area (Å²) in [7, 11) is 1.25. The van der Waals surface area contributed by atoms with Crippen LogP contribution in [0.25, 0.3) is 16.5 Å². The van der Waals surface area contributed by atoms with Crippen molar-refractivity contribution in [2.75, 3.05) is 7.11 Å². The zero-order chi connectivity index (χ0) is 25.1. The van der Waals surface area contributed by atoms with Gasteiger partial charge < -0.3 is 10.1 Å². The molecule has 0 spiro atoms. The minimum Gasteiger partial charge on any atom is -0.467 e. The second-order valence-electron chi connectivity index (χ2n) is 8.05. The zero-order valence-corrected chi connectivity index (χ0v) is 20.6. The van der Waals surface area contributed by atoms with E-state index in [1.54, 1.807) is 47.0 Å². The average Bonchev–Trinajstić information content (AvgIpc) is 2.86. The Labute approximate surface area is 212 Å². The molecular formula is C27H22Cl2N2O4. The van der Waals surface area contributed by atoms with E-state index in [9.17, 15) is 14.4 Å². The van der Waals surface area contributed by atoms with Gasteiger partial charge in [0.2, 0.25) is 0 Å². The van der Waals surface area contributed by atoms with E-state index in [2.05, 4.69) is 5.32 Å². The SMILES string of the molecule is COC(=O)[C@H](Cc1ccc(-n2cc(C)c3ccccc3c2=O)cc1)NC(=O)c1c(Cl)cccc1Cl. The Kier molecular flexibility index (Phi) is 7.24. The molecule has 0 bridgehead atoms. The quantitative estimate of drug-likeness (QED) is 0.366. The molecule has 0 saturated heterocycles. The van der Waals surface area contributed by atoms with Crippen molar-refractivity contribution in [3.63, 3.8) is 0 Å². The summed E-state index contributed by atoms with van der Waals surface area (Å²) in [6, 6.07) is 18.4. The number of pyridine rings is 1. The van der Waals surface area contributed by atoms with E-state index < -0.39 is 17.9 Å². The second-order valence-corrected chi connectivity index (χ2v) is 8.86. The molecule has 6 nitrogen and oxygen atoms in total. The van der Waals surface area contributed by atoms with Gasteiger partial charge in [-0.3, -0.25) is 14.2 Å². The van der Waals surface area contributed by atoms with Crippen molar-refractivity contribution in [1.82, 2.24) is 9.88 Å². The van der Waals surface area contributed by atoms with Crippen LogP contribution in [0.2, 0.25) is 10.0 Å². The Balaban J connectivity index is 1.59. The lowest BCUT2D eigenvalue weighted by molar-refractivity contribution is -0.142. The monoisotopic (exact) mass is 508 g/mol. The minimum atomic E-state index is -0.962. The normalized spacial score (nSPS) is 11.8. The van der Waals surface area contributed by atoms with E-state index in [1.165, 1.54) is 7.11 Å². The van der Waals surface area contributed by atoms with Gasteiger partial charge in [0, 0.05) is 23.7 Å². The van der Waals surface area contributed by atoms with Gasteiger partial charge in [0.1, 0.15) is 6.04 Å². The molecule has 1 amide bonds. The van der Waals surface area contributed by atoms with Crippen LogP contribution in [0.5, 0.6) is 0 Å². The summed E-state index contributed by atoms with van der Waals surface area (Å²) in [6.07, 6.45) is 1.98. The first-order valence-corrected chi connectivity index (χ1v) is 11.6. The van der Waals surface area contributed by atoms with Crippen LogP contribution in [-0.4, -0.2) is 29.6 Å². The Morgan fingerprint density at radius 1 is 0.943 bits per heavy atom. The molecule has 1 atom stereocenters. The van der Waals surface area contributed by atoms with Gasteiger partial charge in [-0.15, -0.1) is 0 Å². The third-order valence-electron chi connectivity index (χ3n) is 5.76. The number of carbonyl (C=O) groups excluding carboxylic acids is 2. The summed E-state index contributed by atoms with van der Waals surface area (Å²) in [5.74, 6) is -1.18. The summed E-state index contributed by atoms with van der Waals surface area (Å²) < 4.78 is 6.48. The lowest BCUT2D eigenvalue weighted by Gasteiger charge is -2.18. The smallest absolute Gasteiger partial charge is 0.328 e. The maximum Gasteiger partial charge on any atom is 0.328 e. The van der Waals surface area contributed by atoms with E-state index in [4.69, 9.17) is 27.9 Å². The van der Waals surface area contributed by atoms with E-state index in [0.29, 0.717) is 11.1 Å². The predicted molar refractivity (Wildman–Crippen MR) is 138 cm³/mol. The minimum absolute atomic E-state index is 0.0890. The number of rotatable bonds is 6. The fourth-order valence-corrected chi connectivity index (χ4v) is 4.53. The number of halogens is 2. The molecule has 0 fully saturated rings. The Morgan fingerprint density at radius 3 is 2.20 bits per heavy atom. The number of nitrogens with one attached hydrogen (secondary N) is 1. The first-order chi connectivity index (χ1) is 16.8. The number of hydrogen-bond acceptors (Lipinski definition) is 4. The van der Waals surface area contributed by atoms with E-state index in [1.807, 2.05) is 37.4 Å². The topological polar surface area (TPSA) is 77.4 Å². The van der Waals surface area contributed by atoms with Gasteiger partial charge in [0.25, 0.3) is 11.5 Å². The molecule has 4 rings (SSSR count). The number of esters is 1. The highest BCUT2D eigenvalue weighted by Crippen LogP contribution is 2.24. The zero-order valence-electron chi connectivity index (χ0n) is 19.0. The van der Waals surface area contributed by atoms with Crippen LogP contribution in [0.4, 0.5) is 0 Å². The number of methoxy groups -OCH3 is 1. The van der Waals surface area contributed by atoms with Crippen LogP contribution < -0.4 is 10.9 Å². The van der Waals surface area contributed by atoms with E-state index >= 15 is 0 Å². The van der Waals surface area contributed by atoms with Crippen LogP contribution in [-0.2, 0) is 16.0 Å². The van der Waals surface area contributed by atoms with Gasteiger partial charge in [-0.05, 0) is 53.8 Å². The summed E-state index contributed by atoms with van der Waals surface area (Å²) in [4.78, 5) is 38.2. The van der Waals surface area contributed by atoms with Gasteiger partial charge in [0.05, 0.1) is 22.7 Å². The van der Waals surface area contributed by atoms with Gasteiger partial charge in [-0.2, -0.15) is 0 Å². The van der Waals surface area contributed by atoms with Crippen molar-refractivity contribution in [1.29, 1.82) is 0 Å². The molecular weight excluding hydrogens is 487 g/mol. The molecule has 1 aromatic heterocycles. The number of carbonyl (C=O) groups is 2. The fraction of sp³-hybridized carbons (Fsp3) is 0.148. The standard InChI is InChI=1S/C27H22Cl2N2O4/c1-16-15-31(26(33)20-7-4-3-6-19(16)20)18-12-10-17(11-13-18)14-23(27(34)35-2)30-25(32)24-21(28)8-5-9-22(24)29/h3-13,15,23H,14H2,1-2H3,(H,30,32)/t23-/m0/s1. The van der Waals surface area contributed by atoms with Crippen molar-refractivity contribution < 1.29 is 14.3 Å². The van der Waals surface area contributed by atoms with Gasteiger partial charge in [-0.25, -0.2) is 4.79 Å². The molecule has 3 aromatic carbocycles. The summed E-state index contributed by atoms with van der Waals surface area (Å²) in [5, 5.41) is 4.58. The van der Waals surface area contributed by atoms with Gasteiger partial charge in [-0.1, -0.05) is 59.6 Å². The molecule has 0 radical (unpaired) electrons. The highest BCUT2D eigenvalue weighted by molar-refractivity contribution is 6.39. The average molecular weight is 509 g/mol. The van der Waals surface area contributed by atoms with Crippen LogP contribution in [0.3, 0.4) is 0 Å². The fourth-order valence-electron chi connectivity index (χ4n) is 3.97. The third kappa shape index (κ3) is 5.09. The van der Waals surface area contributed by atoms with E-state index in [-0.39, 0.29) is 27.6 Å². The Morgan fingerprint density at radius 2 is 1.57 bits per heavy atom. The van der Waals surface area contributed by atoms with Crippen LogP contribution in [0.1, 0.15) is 21.5 Å². The first-order valence-electron chi connectivity index (χ1n) is 10.8. The molecule has 1 N–H and O–H groups in total. The number of benzene rings is 3. The van der Waals surface area contributed by atoms with Crippen molar-refractivity contribution >= 4 is 45.9 Å². The van der Waals surface area contributed by atoms with Crippen molar-refractivity contribution in [3.05, 3.63) is 110 Å². The number of aryl methyl sites for hydroxylation is 1. The highest BCUT2D eigenvalue weighted by atomic mass is 35.5. The third-order valence-corrected chi connectivity index (χ3v) is 6.39. The molecule has 0 aliphatic carbocycles. The lowest BCUT2D eigenvalue weighted by Crippen LogP contribution is -2.43.